The largest absolute Gasteiger partial charge is 0.368 e. The lowest BCUT2D eigenvalue weighted by Gasteiger charge is -2.34. The van der Waals surface area contributed by atoms with Crippen LogP contribution in [0.25, 0.3) is 0 Å². The zero-order valence-corrected chi connectivity index (χ0v) is 9.33. The van der Waals surface area contributed by atoms with Crippen LogP contribution < -0.4 is 5.73 Å². The van der Waals surface area contributed by atoms with Crippen LogP contribution in [0.4, 0.5) is 0 Å². The Labute approximate surface area is 86.6 Å². The second-order valence-electron chi connectivity index (χ2n) is 4.35. The number of nitrogens with zero attached hydrogens (tertiary/aromatic N) is 1. The quantitative estimate of drug-likeness (QED) is 0.741. The number of hydrogen-bond donors (Lipinski definition) is 1. The second-order valence-corrected chi connectivity index (χ2v) is 4.35. The normalized spacial score (nSPS) is 22.1. The summed E-state index contributed by atoms with van der Waals surface area (Å²) in [5.74, 6) is 0.676. The SMILES string of the molecule is CCCC1CCN(C(C)C(N)=O)CC1. The summed E-state index contributed by atoms with van der Waals surface area (Å²) in [6.07, 6.45) is 5.06. The van der Waals surface area contributed by atoms with Crippen LogP contribution in [0.2, 0.25) is 0 Å². The Morgan fingerprint density at radius 2 is 2.07 bits per heavy atom. The molecule has 0 aromatic rings. The molecule has 1 fully saturated rings. The van der Waals surface area contributed by atoms with Gasteiger partial charge < -0.3 is 5.73 Å². The summed E-state index contributed by atoms with van der Waals surface area (Å²) in [6, 6.07) is -0.0856. The van der Waals surface area contributed by atoms with E-state index in [1.54, 1.807) is 0 Å². The molecule has 0 spiro atoms. The van der Waals surface area contributed by atoms with Crippen molar-refractivity contribution in [1.29, 1.82) is 0 Å². The molecule has 0 radical (unpaired) electrons. The minimum atomic E-state index is -0.195. The maximum Gasteiger partial charge on any atom is 0.234 e. The average Bonchev–Trinajstić information content (AvgIpc) is 2.18. The van der Waals surface area contributed by atoms with Gasteiger partial charge in [0.05, 0.1) is 6.04 Å². The summed E-state index contributed by atoms with van der Waals surface area (Å²) in [7, 11) is 0. The van der Waals surface area contributed by atoms with Gasteiger partial charge in [0.2, 0.25) is 5.91 Å². The van der Waals surface area contributed by atoms with Gasteiger partial charge in [-0.25, -0.2) is 0 Å². The third-order valence-electron chi connectivity index (χ3n) is 3.31. The van der Waals surface area contributed by atoms with E-state index < -0.39 is 0 Å². The molecular weight excluding hydrogens is 176 g/mol. The zero-order chi connectivity index (χ0) is 10.6. The summed E-state index contributed by atoms with van der Waals surface area (Å²) in [5.41, 5.74) is 5.28. The molecule has 1 rings (SSSR count). The lowest BCUT2D eigenvalue weighted by atomic mass is 9.92. The van der Waals surface area contributed by atoms with E-state index in [9.17, 15) is 4.79 Å². The number of hydrogen-bond acceptors (Lipinski definition) is 2. The molecule has 1 saturated heterocycles. The van der Waals surface area contributed by atoms with Crippen molar-refractivity contribution in [3.8, 4) is 0 Å². The van der Waals surface area contributed by atoms with E-state index in [2.05, 4.69) is 11.8 Å². The van der Waals surface area contributed by atoms with E-state index in [-0.39, 0.29) is 11.9 Å². The van der Waals surface area contributed by atoms with Gasteiger partial charge in [-0.1, -0.05) is 19.8 Å². The van der Waals surface area contributed by atoms with Crippen LogP contribution in [0.1, 0.15) is 39.5 Å². The van der Waals surface area contributed by atoms with Crippen molar-refractivity contribution in [3.05, 3.63) is 0 Å². The fraction of sp³-hybridized carbons (Fsp3) is 0.909. The molecule has 3 nitrogen and oxygen atoms in total. The molecule has 14 heavy (non-hydrogen) atoms. The molecule has 0 bridgehead atoms. The van der Waals surface area contributed by atoms with Crippen LogP contribution in [0.5, 0.6) is 0 Å². The van der Waals surface area contributed by atoms with E-state index in [0.29, 0.717) is 0 Å². The minimum absolute atomic E-state index is 0.0856. The van der Waals surface area contributed by atoms with E-state index in [0.717, 1.165) is 19.0 Å². The lowest BCUT2D eigenvalue weighted by molar-refractivity contribution is -0.123. The second kappa shape index (κ2) is 5.35. The molecule has 3 heteroatoms. The summed E-state index contributed by atoms with van der Waals surface area (Å²) < 4.78 is 0. The maximum atomic E-state index is 11.0. The Hall–Kier alpha value is -0.570. The average molecular weight is 198 g/mol. The van der Waals surface area contributed by atoms with Crippen molar-refractivity contribution >= 4 is 5.91 Å². The number of carbonyl (C=O) groups is 1. The summed E-state index contributed by atoms with van der Waals surface area (Å²) >= 11 is 0. The third kappa shape index (κ3) is 2.98. The van der Waals surface area contributed by atoms with Crippen molar-refractivity contribution in [1.82, 2.24) is 4.90 Å². The standard InChI is InChI=1S/C11H22N2O/c1-3-4-10-5-7-13(8-6-10)9(2)11(12)14/h9-10H,3-8H2,1-2H3,(H2,12,14). The predicted molar refractivity (Wildman–Crippen MR) is 57.9 cm³/mol. The van der Waals surface area contributed by atoms with Crippen molar-refractivity contribution in [3.63, 3.8) is 0 Å². The van der Waals surface area contributed by atoms with Gasteiger partial charge in [0.15, 0.2) is 0 Å². The molecule has 0 saturated carbocycles. The van der Waals surface area contributed by atoms with Crippen LogP contribution in [-0.4, -0.2) is 29.9 Å². The van der Waals surface area contributed by atoms with Crippen molar-refractivity contribution in [2.24, 2.45) is 11.7 Å². The highest BCUT2D eigenvalue weighted by atomic mass is 16.1. The van der Waals surface area contributed by atoms with Crippen LogP contribution in [0.15, 0.2) is 0 Å². The Morgan fingerprint density at radius 1 is 1.50 bits per heavy atom. The first-order valence-corrected chi connectivity index (χ1v) is 5.68. The van der Waals surface area contributed by atoms with Crippen LogP contribution in [-0.2, 0) is 4.79 Å². The number of nitrogens with two attached hydrogens (primary N) is 1. The minimum Gasteiger partial charge on any atom is -0.368 e. The molecule has 0 aromatic carbocycles. The molecule has 82 valence electrons. The highest BCUT2D eigenvalue weighted by Gasteiger charge is 2.24. The van der Waals surface area contributed by atoms with E-state index >= 15 is 0 Å². The number of amides is 1. The third-order valence-corrected chi connectivity index (χ3v) is 3.31. The smallest absolute Gasteiger partial charge is 0.234 e. The van der Waals surface area contributed by atoms with Crippen molar-refractivity contribution in [2.45, 2.75) is 45.6 Å². The monoisotopic (exact) mass is 198 g/mol. The topological polar surface area (TPSA) is 46.3 Å². The number of piperidine rings is 1. The molecule has 2 N–H and O–H groups in total. The molecule has 1 atom stereocenters. The zero-order valence-electron chi connectivity index (χ0n) is 9.33. The molecule has 1 amide bonds. The molecule has 1 aliphatic heterocycles. The van der Waals surface area contributed by atoms with Crippen molar-refractivity contribution < 1.29 is 4.79 Å². The van der Waals surface area contributed by atoms with E-state index in [4.69, 9.17) is 5.73 Å². The Morgan fingerprint density at radius 3 is 2.50 bits per heavy atom. The number of carbonyl (C=O) groups excluding carboxylic acids is 1. The highest BCUT2D eigenvalue weighted by molar-refractivity contribution is 5.79. The van der Waals surface area contributed by atoms with Gasteiger partial charge in [0, 0.05) is 0 Å². The first kappa shape index (κ1) is 11.5. The van der Waals surface area contributed by atoms with Gasteiger partial charge in [0.25, 0.3) is 0 Å². The molecule has 1 unspecified atom stereocenters. The Balaban J connectivity index is 2.31. The fourth-order valence-electron chi connectivity index (χ4n) is 2.22. The molecular formula is C11H22N2O. The van der Waals surface area contributed by atoms with Gasteiger partial charge >= 0.3 is 0 Å². The fourth-order valence-corrected chi connectivity index (χ4v) is 2.22. The van der Waals surface area contributed by atoms with E-state index in [1.165, 1.54) is 25.7 Å². The first-order valence-electron chi connectivity index (χ1n) is 5.68. The maximum absolute atomic E-state index is 11.0. The molecule has 1 aliphatic rings. The first-order chi connectivity index (χ1) is 6.65. The van der Waals surface area contributed by atoms with Gasteiger partial charge in [-0.3, -0.25) is 9.69 Å². The van der Waals surface area contributed by atoms with Crippen LogP contribution >= 0.6 is 0 Å². The summed E-state index contributed by atoms with van der Waals surface area (Å²) in [5, 5.41) is 0. The molecule has 0 aromatic heterocycles. The van der Waals surface area contributed by atoms with Crippen LogP contribution in [0, 0.1) is 5.92 Å². The number of likely N-dealkylation sites (tertiary alicyclic amines) is 1. The number of rotatable bonds is 4. The Kier molecular flexibility index (Phi) is 4.39. The highest BCUT2D eigenvalue weighted by Crippen LogP contribution is 2.22. The summed E-state index contributed by atoms with van der Waals surface area (Å²) in [4.78, 5) is 13.2. The van der Waals surface area contributed by atoms with Gasteiger partial charge in [-0.2, -0.15) is 0 Å². The van der Waals surface area contributed by atoms with E-state index in [1.807, 2.05) is 6.92 Å². The number of primary amides is 1. The van der Waals surface area contributed by atoms with Crippen LogP contribution in [0.3, 0.4) is 0 Å². The predicted octanol–water partition coefficient (Wildman–Crippen LogP) is 1.37. The molecule has 1 heterocycles. The van der Waals surface area contributed by atoms with Gasteiger partial charge in [-0.15, -0.1) is 0 Å². The lowest BCUT2D eigenvalue weighted by Crippen LogP contribution is -2.46. The van der Waals surface area contributed by atoms with Gasteiger partial charge in [-0.05, 0) is 38.8 Å². The summed E-state index contributed by atoms with van der Waals surface area (Å²) in [6.45, 7) is 6.21. The Bertz CT molecular complexity index is 186. The molecule has 0 aliphatic carbocycles. The van der Waals surface area contributed by atoms with Gasteiger partial charge in [0.1, 0.15) is 0 Å². The van der Waals surface area contributed by atoms with Crippen molar-refractivity contribution in [2.75, 3.05) is 13.1 Å².